The van der Waals surface area contributed by atoms with Crippen molar-refractivity contribution in [2.75, 3.05) is 0 Å². The number of aromatic hydroxyl groups is 1. The highest BCUT2D eigenvalue weighted by Crippen LogP contribution is 2.35. The first-order valence-electron chi connectivity index (χ1n) is 6.61. The second kappa shape index (κ2) is 5.13. The largest absolute Gasteiger partial charge is 0.508 e. The molecule has 2 aromatic rings. The molecule has 0 amide bonds. The van der Waals surface area contributed by atoms with Crippen molar-refractivity contribution in [3.63, 3.8) is 0 Å². The highest BCUT2D eigenvalue weighted by Gasteiger charge is 2.47. The van der Waals surface area contributed by atoms with Crippen molar-refractivity contribution in [2.45, 2.75) is 0 Å². The summed E-state index contributed by atoms with van der Waals surface area (Å²) in [5, 5.41) is 20.3. The van der Waals surface area contributed by atoms with Crippen molar-refractivity contribution in [1.29, 1.82) is 0 Å². The van der Waals surface area contributed by atoms with Crippen molar-refractivity contribution in [3.8, 4) is 5.75 Å². The first kappa shape index (κ1) is 14.6. The molecule has 3 rings (SSSR count). The molecule has 0 bridgehead atoms. The number of carbonyl (C=O) groups excluding carboxylic acids is 3. The van der Waals surface area contributed by atoms with Gasteiger partial charge in [0.1, 0.15) is 17.2 Å². The normalized spacial score (nSPS) is 16.3. The quantitative estimate of drug-likeness (QED) is 0.402. The van der Waals surface area contributed by atoms with Crippen LogP contribution >= 0.6 is 0 Å². The average Bonchev–Trinajstić information content (AvgIpc) is 2.79. The van der Waals surface area contributed by atoms with Crippen LogP contribution in [-0.4, -0.2) is 27.4 Å². The summed E-state index contributed by atoms with van der Waals surface area (Å²) in [5.41, 5.74) is -0.840. The number of nitro benzene ring substituents is 1. The van der Waals surface area contributed by atoms with Crippen LogP contribution in [0.4, 0.5) is 5.69 Å². The van der Waals surface area contributed by atoms with E-state index in [1.165, 1.54) is 36.4 Å². The molecule has 2 aromatic carbocycles. The van der Waals surface area contributed by atoms with Crippen LogP contribution in [0.1, 0.15) is 31.1 Å². The van der Waals surface area contributed by atoms with Gasteiger partial charge in [0.15, 0.2) is 17.3 Å². The number of phenolic OH excluding ortho intramolecular Hbond substituents is 1. The lowest BCUT2D eigenvalue weighted by Crippen LogP contribution is -2.25. The van der Waals surface area contributed by atoms with E-state index < -0.39 is 33.9 Å². The van der Waals surface area contributed by atoms with Crippen LogP contribution in [0.2, 0.25) is 0 Å². The van der Waals surface area contributed by atoms with Gasteiger partial charge in [0.2, 0.25) is 0 Å². The van der Waals surface area contributed by atoms with Gasteiger partial charge in [-0.05, 0) is 24.3 Å². The zero-order valence-corrected chi connectivity index (χ0v) is 11.6. The summed E-state index contributed by atoms with van der Waals surface area (Å²) >= 11 is 0. The molecule has 0 aliphatic heterocycles. The standard InChI is InChI=1S/C16H9NO6/c18-9-6-4-8(5-7-9)14(19)13-15(20)10-2-1-3-11(17(22)23)12(10)16(13)21/h1-7,13,18H. The summed E-state index contributed by atoms with van der Waals surface area (Å²) in [6.07, 6.45) is 0. The third kappa shape index (κ3) is 2.18. The molecule has 0 radical (unpaired) electrons. The Kier molecular flexibility index (Phi) is 3.25. The number of nitrogens with zero attached hydrogens (tertiary/aromatic N) is 1. The first-order valence-corrected chi connectivity index (χ1v) is 6.61. The van der Waals surface area contributed by atoms with Gasteiger partial charge in [0, 0.05) is 17.2 Å². The van der Waals surface area contributed by atoms with Crippen LogP contribution in [0.15, 0.2) is 42.5 Å². The highest BCUT2D eigenvalue weighted by atomic mass is 16.6. The van der Waals surface area contributed by atoms with E-state index in [0.29, 0.717) is 0 Å². The molecule has 1 N–H and O–H groups in total. The number of hydrogen-bond acceptors (Lipinski definition) is 6. The lowest BCUT2D eigenvalue weighted by atomic mass is 9.93. The predicted octanol–water partition coefficient (Wildman–Crippen LogP) is 2.18. The van der Waals surface area contributed by atoms with Crippen molar-refractivity contribution >= 4 is 23.0 Å². The maximum atomic E-state index is 12.4. The van der Waals surface area contributed by atoms with Crippen molar-refractivity contribution in [3.05, 3.63) is 69.3 Å². The molecule has 0 saturated heterocycles. The Balaban J connectivity index is 2.07. The Hall–Kier alpha value is -3.35. The Morgan fingerprint density at radius 3 is 2.30 bits per heavy atom. The van der Waals surface area contributed by atoms with Crippen LogP contribution in [0, 0.1) is 16.0 Å². The zero-order valence-electron chi connectivity index (χ0n) is 11.6. The van der Waals surface area contributed by atoms with Crippen LogP contribution in [0.5, 0.6) is 5.75 Å². The van der Waals surface area contributed by atoms with Gasteiger partial charge in [-0.1, -0.05) is 12.1 Å². The molecule has 1 aliphatic carbocycles. The number of rotatable bonds is 3. The van der Waals surface area contributed by atoms with Crippen molar-refractivity contribution in [1.82, 2.24) is 0 Å². The fourth-order valence-electron chi connectivity index (χ4n) is 2.61. The fraction of sp³-hybridized carbons (Fsp3) is 0.0625. The SMILES string of the molecule is O=C(c1ccc(O)cc1)C1C(=O)c2cccc([N+](=O)[O-])c2C1=O. The minimum Gasteiger partial charge on any atom is -0.508 e. The molecule has 7 heteroatoms. The maximum Gasteiger partial charge on any atom is 0.280 e. The summed E-state index contributed by atoms with van der Waals surface area (Å²) < 4.78 is 0. The lowest BCUT2D eigenvalue weighted by molar-refractivity contribution is -0.385. The molecule has 0 fully saturated rings. The van der Waals surface area contributed by atoms with E-state index >= 15 is 0 Å². The summed E-state index contributed by atoms with van der Waals surface area (Å²) in [5.74, 6) is -4.03. The van der Waals surface area contributed by atoms with Gasteiger partial charge in [0.25, 0.3) is 5.69 Å². The van der Waals surface area contributed by atoms with Gasteiger partial charge in [-0.2, -0.15) is 0 Å². The number of phenols is 1. The molecule has 0 saturated carbocycles. The van der Waals surface area contributed by atoms with Gasteiger partial charge < -0.3 is 5.11 Å². The Morgan fingerprint density at radius 1 is 1.04 bits per heavy atom. The van der Waals surface area contributed by atoms with Gasteiger partial charge in [-0.25, -0.2) is 0 Å². The summed E-state index contributed by atoms with van der Waals surface area (Å²) in [6.45, 7) is 0. The molecule has 0 heterocycles. The first-order chi connectivity index (χ1) is 10.9. The van der Waals surface area contributed by atoms with E-state index in [-0.39, 0.29) is 22.4 Å². The summed E-state index contributed by atoms with van der Waals surface area (Å²) in [6, 6.07) is 8.81. The molecule has 1 atom stereocenters. The average molecular weight is 311 g/mol. The van der Waals surface area contributed by atoms with E-state index in [2.05, 4.69) is 0 Å². The topological polar surface area (TPSA) is 115 Å². The van der Waals surface area contributed by atoms with Crippen LogP contribution < -0.4 is 0 Å². The fourth-order valence-corrected chi connectivity index (χ4v) is 2.61. The number of ketones is 3. The monoisotopic (exact) mass is 311 g/mol. The van der Waals surface area contributed by atoms with Gasteiger partial charge in [0.05, 0.1) is 4.92 Å². The van der Waals surface area contributed by atoms with Crippen LogP contribution in [0.25, 0.3) is 0 Å². The number of hydrogen-bond donors (Lipinski definition) is 1. The second-order valence-corrected chi connectivity index (χ2v) is 5.03. The third-order valence-corrected chi connectivity index (χ3v) is 3.69. The minimum absolute atomic E-state index is 0.0652. The number of benzene rings is 2. The third-order valence-electron chi connectivity index (χ3n) is 3.69. The van der Waals surface area contributed by atoms with Crippen molar-refractivity contribution < 1.29 is 24.4 Å². The molecular weight excluding hydrogens is 302 g/mol. The molecule has 0 aromatic heterocycles. The van der Waals surface area contributed by atoms with E-state index in [0.717, 1.165) is 6.07 Å². The molecule has 23 heavy (non-hydrogen) atoms. The second-order valence-electron chi connectivity index (χ2n) is 5.03. The molecular formula is C16H9NO6. The number of fused-ring (bicyclic) bond motifs is 1. The van der Waals surface area contributed by atoms with Gasteiger partial charge >= 0.3 is 0 Å². The molecule has 1 unspecified atom stereocenters. The Morgan fingerprint density at radius 2 is 1.70 bits per heavy atom. The molecule has 0 spiro atoms. The van der Waals surface area contributed by atoms with Gasteiger partial charge in [-0.3, -0.25) is 24.5 Å². The van der Waals surface area contributed by atoms with Crippen molar-refractivity contribution in [2.24, 2.45) is 5.92 Å². The number of nitro groups is 1. The summed E-state index contributed by atoms with van der Waals surface area (Å²) in [4.78, 5) is 47.5. The Labute approximate surface area is 129 Å². The van der Waals surface area contributed by atoms with E-state index in [1.807, 2.05) is 0 Å². The molecule has 7 nitrogen and oxygen atoms in total. The van der Waals surface area contributed by atoms with E-state index in [1.54, 1.807) is 0 Å². The highest BCUT2D eigenvalue weighted by molar-refractivity contribution is 6.38. The molecule has 1 aliphatic rings. The van der Waals surface area contributed by atoms with Gasteiger partial charge in [-0.15, -0.1) is 0 Å². The van der Waals surface area contributed by atoms with E-state index in [4.69, 9.17) is 0 Å². The predicted molar refractivity (Wildman–Crippen MR) is 77.7 cm³/mol. The molecule has 114 valence electrons. The number of carbonyl (C=O) groups is 3. The summed E-state index contributed by atoms with van der Waals surface area (Å²) in [7, 11) is 0. The van der Waals surface area contributed by atoms with Crippen LogP contribution in [-0.2, 0) is 0 Å². The minimum atomic E-state index is -1.62. The lowest BCUT2D eigenvalue weighted by Gasteiger charge is -2.06. The number of Topliss-reactive ketones (excluding diaryl/α,β-unsaturated/α-hetero) is 3. The van der Waals surface area contributed by atoms with Crippen LogP contribution in [0.3, 0.4) is 0 Å². The smallest absolute Gasteiger partial charge is 0.280 e. The Bertz CT molecular complexity index is 869. The zero-order chi connectivity index (χ0) is 16.7. The maximum absolute atomic E-state index is 12.4. The van der Waals surface area contributed by atoms with E-state index in [9.17, 15) is 29.6 Å².